The van der Waals surface area contributed by atoms with Gasteiger partial charge in [-0.15, -0.1) is 0 Å². The molecule has 1 heterocycles. The quantitative estimate of drug-likeness (QED) is 0.779. The molecule has 1 aromatic rings. The van der Waals surface area contributed by atoms with Crippen molar-refractivity contribution in [3.63, 3.8) is 0 Å². The van der Waals surface area contributed by atoms with Crippen LogP contribution in [-0.2, 0) is 15.3 Å². The minimum Gasteiger partial charge on any atom is -0.343 e. The fourth-order valence-electron chi connectivity index (χ4n) is 1.53. The number of rotatable bonds is 2. The van der Waals surface area contributed by atoms with Gasteiger partial charge in [-0.2, -0.15) is 0 Å². The van der Waals surface area contributed by atoms with E-state index in [9.17, 15) is 0 Å². The standard InChI is InChI=1S/C10H10Br2O2/c11-7-10(13-5-6-14-10)8-3-1-2-4-9(8)12/h1-4H,5-7H2. The SMILES string of the molecule is BrCC1(c2ccccc2Br)OCCO1. The molecule has 4 heteroatoms. The summed E-state index contributed by atoms with van der Waals surface area (Å²) in [4.78, 5) is 0. The molecule has 0 unspecified atom stereocenters. The smallest absolute Gasteiger partial charge is 0.206 e. The molecule has 1 aliphatic heterocycles. The molecular weight excluding hydrogens is 312 g/mol. The molecule has 1 saturated heterocycles. The lowest BCUT2D eigenvalue weighted by Gasteiger charge is -2.26. The van der Waals surface area contributed by atoms with E-state index in [1.165, 1.54) is 0 Å². The van der Waals surface area contributed by atoms with Crippen LogP contribution in [0.25, 0.3) is 0 Å². The van der Waals surface area contributed by atoms with Crippen LogP contribution in [-0.4, -0.2) is 18.5 Å². The van der Waals surface area contributed by atoms with Gasteiger partial charge in [-0.1, -0.05) is 50.1 Å². The Morgan fingerprint density at radius 3 is 2.43 bits per heavy atom. The van der Waals surface area contributed by atoms with Gasteiger partial charge in [0.05, 0.1) is 18.5 Å². The predicted molar refractivity (Wildman–Crippen MR) is 61.5 cm³/mol. The fraction of sp³-hybridized carbons (Fsp3) is 0.400. The summed E-state index contributed by atoms with van der Waals surface area (Å²) in [6.07, 6.45) is 0. The van der Waals surface area contributed by atoms with Crippen molar-refractivity contribution in [2.75, 3.05) is 18.5 Å². The summed E-state index contributed by atoms with van der Waals surface area (Å²) in [5.74, 6) is -0.611. The van der Waals surface area contributed by atoms with Crippen LogP contribution in [0.3, 0.4) is 0 Å². The van der Waals surface area contributed by atoms with Gasteiger partial charge in [0.1, 0.15) is 0 Å². The topological polar surface area (TPSA) is 18.5 Å². The van der Waals surface area contributed by atoms with E-state index in [1.54, 1.807) is 0 Å². The zero-order valence-corrected chi connectivity index (χ0v) is 10.7. The van der Waals surface area contributed by atoms with Crippen LogP contribution >= 0.6 is 31.9 Å². The van der Waals surface area contributed by atoms with Crippen molar-refractivity contribution in [3.8, 4) is 0 Å². The van der Waals surface area contributed by atoms with Crippen LogP contribution in [0, 0.1) is 0 Å². The minimum absolute atomic E-state index is 0.611. The van der Waals surface area contributed by atoms with Crippen molar-refractivity contribution in [3.05, 3.63) is 34.3 Å². The first-order chi connectivity index (χ1) is 6.78. The van der Waals surface area contributed by atoms with Crippen LogP contribution in [0.4, 0.5) is 0 Å². The second-order valence-electron chi connectivity index (χ2n) is 3.06. The Bertz CT molecular complexity index is 322. The number of benzene rings is 1. The number of hydrogen-bond acceptors (Lipinski definition) is 2. The summed E-state index contributed by atoms with van der Waals surface area (Å²) < 4.78 is 12.3. The first-order valence-corrected chi connectivity index (χ1v) is 6.29. The molecule has 0 aromatic heterocycles. The summed E-state index contributed by atoms with van der Waals surface area (Å²) in [6.45, 7) is 1.29. The molecular formula is C10H10Br2O2. The van der Waals surface area contributed by atoms with Crippen molar-refractivity contribution in [2.24, 2.45) is 0 Å². The number of ether oxygens (including phenoxy) is 2. The van der Waals surface area contributed by atoms with Gasteiger partial charge < -0.3 is 9.47 Å². The van der Waals surface area contributed by atoms with E-state index < -0.39 is 5.79 Å². The summed E-state index contributed by atoms with van der Waals surface area (Å²) in [5, 5.41) is 0.641. The van der Waals surface area contributed by atoms with Gasteiger partial charge in [0.25, 0.3) is 0 Å². The summed E-state index contributed by atoms with van der Waals surface area (Å²) in [5.41, 5.74) is 1.04. The monoisotopic (exact) mass is 320 g/mol. The highest BCUT2D eigenvalue weighted by molar-refractivity contribution is 9.10. The molecule has 0 radical (unpaired) electrons. The van der Waals surface area contributed by atoms with Crippen molar-refractivity contribution in [1.82, 2.24) is 0 Å². The molecule has 2 rings (SSSR count). The van der Waals surface area contributed by atoms with Gasteiger partial charge in [0, 0.05) is 10.0 Å². The van der Waals surface area contributed by atoms with Crippen LogP contribution < -0.4 is 0 Å². The molecule has 0 N–H and O–H groups in total. The third-order valence-corrected chi connectivity index (χ3v) is 3.64. The first-order valence-electron chi connectivity index (χ1n) is 4.37. The maximum absolute atomic E-state index is 5.66. The number of alkyl halides is 1. The Hall–Kier alpha value is 0.1000. The summed E-state index contributed by atoms with van der Waals surface area (Å²) in [7, 11) is 0. The number of hydrogen-bond donors (Lipinski definition) is 0. The predicted octanol–water partition coefficient (Wildman–Crippen LogP) is 3.04. The van der Waals surface area contributed by atoms with E-state index in [1.807, 2.05) is 24.3 Å². The van der Waals surface area contributed by atoms with E-state index >= 15 is 0 Å². The third-order valence-electron chi connectivity index (χ3n) is 2.21. The molecule has 0 aliphatic carbocycles. The van der Waals surface area contributed by atoms with Crippen LogP contribution in [0.1, 0.15) is 5.56 Å². The average molecular weight is 322 g/mol. The highest BCUT2D eigenvalue weighted by Gasteiger charge is 2.38. The van der Waals surface area contributed by atoms with E-state index in [0.29, 0.717) is 18.5 Å². The van der Waals surface area contributed by atoms with Crippen LogP contribution in [0.5, 0.6) is 0 Å². The van der Waals surface area contributed by atoms with Crippen LogP contribution in [0.15, 0.2) is 28.7 Å². The van der Waals surface area contributed by atoms with Gasteiger partial charge >= 0.3 is 0 Å². The lowest BCUT2D eigenvalue weighted by Crippen LogP contribution is -2.29. The lowest BCUT2D eigenvalue weighted by atomic mass is 10.1. The third kappa shape index (κ3) is 1.76. The molecule has 1 fully saturated rings. The summed E-state index contributed by atoms with van der Waals surface area (Å²) >= 11 is 6.93. The van der Waals surface area contributed by atoms with Gasteiger partial charge in [-0.3, -0.25) is 0 Å². The molecule has 1 aliphatic rings. The molecule has 0 atom stereocenters. The molecule has 0 amide bonds. The zero-order chi connectivity index (χ0) is 10.0. The van der Waals surface area contributed by atoms with Crippen molar-refractivity contribution < 1.29 is 9.47 Å². The van der Waals surface area contributed by atoms with Crippen molar-refractivity contribution in [1.29, 1.82) is 0 Å². The molecule has 14 heavy (non-hydrogen) atoms. The Morgan fingerprint density at radius 2 is 1.86 bits per heavy atom. The Labute approximate surface area is 99.8 Å². The van der Waals surface area contributed by atoms with Crippen molar-refractivity contribution >= 4 is 31.9 Å². The van der Waals surface area contributed by atoms with Gasteiger partial charge in [0.15, 0.2) is 0 Å². The maximum Gasteiger partial charge on any atom is 0.206 e. The molecule has 0 saturated carbocycles. The molecule has 2 nitrogen and oxygen atoms in total. The lowest BCUT2D eigenvalue weighted by molar-refractivity contribution is -0.144. The van der Waals surface area contributed by atoms with Gasteiger partial charge in [0.2, 0.25) is 5.79 Å². The normalized spacial score (nSPS) is 19.9. The van der Waals surface area contributed by atoms with Crippen LogP contribution in [0.2, 0.25) is 0 Å². The Balaban J connectivity index is 2.41. The largest absolute Gasteiger partial charge is 0.343 e. The fourth-order valence-corrected chi connectivity index (χ4v) is 2.74. The highest BCUT2D eigenvalue weighted by Crippen LogP contribution is 2.37. The zero-order valence-electron chi connectivity index (χ0n) is 7.50. The molecule has 0 spiro atoms. The second kappa shape index (κ2) is 4.31. The Morgan fingerprint density at radius 1 is 1.21 bits per heavy atom. The van der Waals surface area contributed by atoms with E-state index in [2.05, 4.69) is 31.9 Å². The summed E-state index contributed by atoms with van der Waals surface area (Å²) in [6, 6.07) is 7.96. The first kappa shape index (κ1) is 10.6. The van der Waals surface area contributed by atoms with E-state index in [0.717, 1.165) is 10.0 Å². The van der Waals surface area contributed by atoms with Crippen molar-refractivity contribution in [2.45, 2.75) is 5.79 Å². The molecule has 0 bridgehead atoms. The van der Waals surface area contributed by atoms with E-state index in [-0.39, 0.29) is 0 Å². The maximum atomic E-state index is 5.66. The number of halogens is 2. The Kier molecular flexibility index (Phi) is 3.27. The highest BCUT2D eigenvalue weighted by atomic mass is 79.9. The van der Waals surface area contributed by atoms with Gasteiger partial charge in [-0.25, -0.2) is 0 Å². The molecule has 1 aromatic carbocycles. The van der Waals surface area contributed by atoms with E-state index in [4.69, 9.17) is 9.47 Å². The van der Waals surface area contributed by atoms with Gasteiger partial charge in [-0.05, 0) is 6.07 Å². The minimum atomic E-state index is -0.611. The molecule has 76 valence electrons. The average Bonchev–Trinajstić information content (AvgIpc) is 2.68. The second-order valence-corrected chi connectivity index (χ2v) is 4.48.